The number of aromatic nitrogens is 4. The van der Waals surface area contributed by atoms with E-state index in [-0.39, 0.29) is 23.6 Å². The number of anilines is 2. The highest BCUT2D eigenvalue weighted by molar-refractivity contribution is 6.30. The average molecular weight is 1300 g/mol. The number of nitrogens with one attached hydrogen (secondary N) is 3. The fourth-order valence-electron chi connectivity index (χ4n) is 11.9. The topological polar surface area (TPSA) is 219 Å². The minimum atomic E-state index is -0.700. The molecule has 0 atom stereocenters. The number of benzene rings is 3. The Balaban J connectivity index is 1.04. The van der Waals surface area contributed by atoms with E-state index in [4.69, 9.17) is 51.5 Å². The molecule has 4 amide bonds. The van der Waals surface area contributed by atoms with Gasteiger partial charge in [0.1, 0.15) is 17.4 Å². The first kappa shape index (κ1) is 71.9. The van der Waals surface area contributed by atoms with Crippen molar-refractivity contribution in [1.82, 2.24) is 40.0 Å². The summed E-state index contributed by atoms with van der Waals surface area (Å²) >= 11 is 6.45. The molecule has 0 saturated heterocycles. The van der Waals surface area contributed by atoms with Crippen molar-refractivity contribution in [2.24, 2.45) is 5.73 Å². The molecule has 500 valence electrons. The number of carbonyl (C=O) groups excluding carboxylic acids is 4. The molecule has 7 aromatic rings. The Hall–Kier alpha value is -7.97. The molecule has 0 radical (unpaired) electrons. The predicted molar refractivity (Wildman–Crippen MR) is 371 cm³/mol. The van der Waals surface area contributed by atoms with Crippen LogP contribution in [0.4, 0.5) is 11.6 Å². The van der Waals surface area contributed by atoms with E-state index in [1.54, 1.807) is 0 Å². The van der Waals surface area contributed by atoms with Crippen LogP contribution in [0.25, 0.3) is 0 Å². The lowest BCUT2D eigenvalue weighted by atomic mass is 9.68. The molecule has 0 aliphatic heterocycles. The van der Waals surface area contributed by atoms with E-state index in [1.165, 1.54) is 0 Å². The molecule has 5 N–H and O–H groups in total. The zero-order chi connectivity index (χ0) is 66.0. The van der Waals surface area contributed by atoms with Crippen LogP contribution in [0.3, 0.4) is 0 Å². The molecule has 1 fully saturated rings. The second-order valence-electron chi connectivity index (χ2n) is 24.4. The van der Waals surface area contributed by atoms with Gasteiger partial charge in [-0.2, -0.15) is 0 Å². The number of rotatable bonds is 41. The van der Waals surface area contributed by atoms with Gasteiger partial charge in [0.05, 0.1) is 61.2 Å². The van der Waals surface area contributed by atoms with E-state index in [1.807, 2.05) is 139 Å². The third-order valence-corrected chi connectivity index (χ3v) is 16.9. The van der Waals surface area contributed by atoms with Crippen molar-refractivity contribution in [3.63, 3.8) is 0 Å². The molecular weight excluding hydrogens is 1200 g/mol. The van der Waals surface area contributed by atoms with E-state index < -0.39 is 5.41 Å². The maximum absolute atomic E-state index is 15.4. The van der Waals surface area contributed by atoms with Gasteiger partial charge in [0.25, 0.3) is 5.91 Å². The second-order valence-corrected chi connectivity index (χ2v) is 24.8. The molecule has 0 bridgehead atoms. The minimum Gasteiger partial charge on any atom is -0.494 e. The van der Waals surface area contributed by atoms with Crippen LogP contribution in [0, 0.1) is 0 Å². The number of hydrogen-bond donors (Lipinski definition) is 4. The number of carbonyl (C=O) groups is 4. The zero-order valence-corrected chi connectivity index (χ0v) is 55.8. The van der Waals surface area contributed by atoms with Crippen LogP contribution >= 0.6 is 11.6 Å². The lowest BCUT2D eigenvalue weighted by molar-refractivity contribution is -0.139. The zero-order valence-electron chi connectivity index (χ0n) is 55.1. The Bertz CT molecular complexity index is 3260. The number of amides is 4. The summed E-state index contributed by atoms with van der Waals surface area (Å²) < 4.78 is 17.8. The molecule has 19 heteroatoms. The second kappa shape index (κ2) is 39.7. The van der Waals surface area contributed by atoms with Crippen LogP contribution < -0.4 is 26.4 Å². The molecule has 0 spiro atoms. The van der Waals surface area contributed by atoms with Crippen molar-refractivity contribution in [2.75, 3.05) is 63.3 Å². The van der Waals surface area contributed by atoms with Gasteiger partial charge in [-0.15, -0.1) is 0 Å². The molecular formula is C75H96ClN11O7. The smallest absolute Gasteiger partial charge is 0.251 e. The Labute approximate surface area is 561 Å². The maximum Gasteiger partial charge on any atom is 0.251 e. The van der Waals surface area contributed by atoms with Gasteiger partial charge < -0.3 is 40.8 Å². The number of hydrogen-bond acceptors (Lipinski definition) is 14. The first-order valence-electron chi connectivity index (χ1n) is 33.8. The van der Waals surface area contributed by atoms with E-state index in [0.717, 1.165) is 116 Å². The molecule has 1 aliphatic carbocycles. The Morgan fingerprint density at radius 2 is 1.10 bits per heavy atom. The Morgan fingerprint density at radius 3 is 1.64 bits per heavy atom. The number of nitrogens with zero attached hydrogens (tertiary/aromatic N) is 7. The lowest BCUT2D eigenvalue weighted by Gasteiger charge is -2.40. The van der Waals surface area contributed by atoms with Crippen molar-refractivity contribution >= 4 is 46.9 Å². The standard InChI is InChI=1S/C75H96ClN11O7/c1-3-5-8-26-71(88)83-69-24-18-22-66(81-69)56-85(54-64-20-10-14-39-78-64)51-59-48-60(52-86(55-65-21-11-15-40-79-65)57-67-23-19-25-70(82-67)84-72(89)27-9-6-4-2)50-68(49-59)94-43-17-16-42-87(74(91)75(36-12-7-13-37-75)62-32-34-63(76)35-33-62)53-58-28-30-61(31-29-58)73(90)80-41-45-93-47-46-92-44-38-77/h10-11,14-15,18-25,28-35,39-40,48-50H,3-9,12-13,16-17,26-27,36-38,41-47,51-57,77H2,1-2H3,(H,80,90)(H,81,83,88)(H,82,84,89). The molecule has 3 aromatic carbocycles. The third-order valence-electron chi connectivity index (χ3n) is 16.6. The maximum atomic E-state index is 15.4. The van der Waals surface area contributed by atoms with Crippen molar-refractivity contribution in [1.29, 1.82) is 0 Å². The van der Waals surface area contributed by atoms with Crippen LogP contribution in [0.15, 0.2) is 152 Å². The van der Waals surface area contributed by atoms with Gasteiger partial charge in [-0.25, -0.2) is 9.97 Å². The highest BCUT2D eigenvalue weighted by Crippen LogP contribution is 2.42. The van der Waals surface area contributed by atoms with Gasteiger partial charge >= 0.3 is 0 Å². The van der Waals surface area contributed by atoms with Crippen LogP contribution in [0.5, 0.6) is 5.75 Å². The highest BCUT2D eigenvalue weighted by Gasteiger charge is 2.43. The molecule has 1 saturated carbocycles. The molecule has 4 aromatic heterocycles. The molecule has 1 aliphatic rings. The average Bonchev–Trinajstić information content (AvgIpc) is 0.779. The van der Waals surface area contributed by atoms with Crippen LogP contribution in [0.1, 0.15) is 166 Å². The first-order chi connectivity index (χ1) is 46.0. The predicted octanol–water partition coefficient (Wildman–Crippen LogP) is 13.2. The SMILES string of the molecule is CCCCCC(=O)Nc1cccc(CN(Cc2cc(CN(Cc3ccccn3)Cc3cccc(NC(=O)CCCCC)n3)cc(OCCCCN(Cc3ccc(C(=O)NCCOCCOCCN)cc3)C(=O)C3(c4ccc(Cl)cc4)CCCCC3)c2)Cc2ccccn2)n1. The van der Waals surface area contributed by atoms with Crippen molar-refractivity contribution in [3.8, 4) is 5.75 Å². The lowest BCUT2D eigenvalue weighted by Crippen LogP contribution is -2.48. The number of nitrogens with two attached hydrogens (primary N) is 1. The fourth-order valence-corrected chi connectivity index (χ4v) is 12.1. The number of halogens is 1. The quantitative estimate of drug-likeness (QED) is 0.0262. The molecule has 18 nitrogen and oxygen atoms in total. The van der Waals surface area contributed by atoms with Crippen molar-refractivity contribution in [2.45, 2.75) is 161 Å². The number of ether oxygens (including phenoxy) is 3. The summed E-state index contributed by atoms with van der Waals surface area (Å²) in [4.78, 5) is 80.5. The van der Waals surface area contributed by atoms with Gasteiger partial charge in [0.2, 0.25) is 17.7 Å². The fraction of sp³-hybridized carbons (Fsp3) is 0.440. The van der Waals surface area contributed by atoms with Crippen LogP contribution in [-0.2, 0) is 75.1 Å². The normalized spacial score (nSPS) is 12.8. The Morgan fingerprint density at radius 1 is 0.543 bits per heavy atom. The van der Waals surface area contributed by atoms with Gasteiger partial charge in [0, 0.05) is 101 Å². The number of unbranched alkanes of at least 4 members (excludes halogenated alkanes) is 5. The summed E-state index contributed by atoms with van der Waals surface area (Å²) in [7, 11) is 0. The summed E-state index contributed by atoms with van der Waals surface area (Å²) in [5.74, 6) is 1.56. The molecule has 0 unspecified atom stereocenters. The van der Waals surface area contributed by atoms with Gasteiger partial charge in [0.15, 0.2) is 0 Å². The monoisotopic (exact) mass is 1300 g/mol. The van der Waals surface area contributed by atoms with Gasteiger partial charge in [-0.3, -0.25) is 38.9 Å². The van der Waals surface area contributed by atoms with Crippen LogP contribution in [0.2, 0.25) is 5.02 Å². The van der Waals surface area contributed by atoms with E-state index in [2.05, 4.69) is 57.8 Å². The Kier molecular flexibility index (Phi) is 30.3. The summed E-state index contributed by atoms with van der Waals surface area (Å²) in [6, 6.07) is 45.1. The summed E-state index contributed by atoms with van der Waals surface area (Å²) in [6.45, 7) is 11.0. The van der Waals surface area contributed by atoms with Crippen molar-refractivity contribution in [3.05, 3.63) is 208 Å². The first-order valence-corrected chi connectivity index (χ1v) is 34.1. The molecule has 4 heterocycles. The minimum absolute atomic E-state index is 0.0452. The highest BCUT2D eigenvalue weighted by atomic mass is 35.5. The molecule has 8 rings (SSSR count). The molecule has 94 heavy (non-hydrogen) atoms. The van der Waals surface area contributed by atoms with Crippen LogP contribution in [-0.4, -0.2) is 111 Å². The van der Waals surface area contributed by atoms with Gasteiger partial charge in [-0.05, 0) is 146 Å². The largest absolute Gasteiger partial charge is 0.494 e. The van der Waals surface area contributed by atoms with E-state index in [9.17, 15) is 14.4 Å². The summed E-state index contributed by atoms with van der Waals surface area (Å²) in [5.41, 5.74) is 12.7. The number of pyridine rings is 4. The van der Waals surface area contributed by atoms with Crippen molar-refractivity contribution < 1.29 is 33.4 Å². The van der Waals surface area contributed by atoms with Gasteiger partial charge in [-0.1, -0.05) is 125 Å². The van der Waals surface area contributed by atoms with E-state index in [0.29, 0.717) is 152 Å². The van der Waals surface area contributed by atoms with E-state index >= 15 is 4.79 Å². The summed E-state index contributed by atoms with van der Waals surface area (Å²) in [6.07, 6.45) is 16.0. The summed E-state index contributed by atoms with van der Waals surface area (Å²) in [5, 5.41) is 9.61. The third kappa shape index (κ3) is 24.4.